The Bertz CT molecular complexity index is 532. The average molecular weight is 232 g/mol. The van der Waals surface area contributed by atoms with Crippen molar-refractivity contribution in [3.8, 4) is 5.88 Å². The Hall–Kier alpha value is -2.04. The summed E-state index contributed by atoms with van der Waals surface area (Å²) in [6.45, 7) is 6.38. The van der Waals surface area contributed by atoms with Gasteiger partial charge in [-0.3, -0.25) is 4.40 Å². The molecule has 0 atom stereocenters. The topological polar surface area (TPSA) is 51.5 Å². The fourth-order valence-corrected chi connectivity index (χ4v) is 1.44. The average Bonchev–Trinajstić information content (AvgIpc) is 2.76. The van der Waals surface area contributed by atoms with Crippen molar-refractivity contribution in [2.45, 2.75) is 13.3 Å². The standard InChI is InChI=1S/C12H16N4O/c1-9(2)4-7-17-12-11-14-5-6-16(11)8-10(13-3)15-12/h5-6,8,13H,1,4,7H2,2-3H3. The van der Waals surface area contributed by atoms with E-state index >= 15 is 0 Å². The Labute approximate surface area is 100 Å². The number of nitrogens with zero attached hydrogens (tertiary/aromatic N) is 3. The quantitative estimate of drug-likeness (QED) is 0.802. The minimum Gasteiger partial charge on any atom is -0.475 e. The third kappa shape index (κ3) is 2.55. The lowest BCUT2D eigenvalue weighted by atomic mass is 10.3. The molecule has 0 aromatic carbocycles. The Morgan fingerprint density at radius 3 is 3.12 bits per heavy atom. The van der Waals surface area contributed by atoms with Crippen LogP contribution in [0.25, 0.3) is 5.65 Å². The van der Waals surface area contributed by atoms with E-state index in [1.165, 1.54) is 0 Å². The van der Waals surface area contributed by atoms with E-state index in [4.69, 9.17) is 4.74 Å². The van der Waals surface area contributed by atoms with E-state index in [1.54, 1.807) is 6.20 Å². The van der Waals surface area contributed by atoms with Crippen molar-refractivity contribution in [1.29, 1.82) is 0 Å². The second-order valence-corrected chi connectivity index (χ2v) is 3.89. The van der Waals surface area contributed by atoms with Gasteiger partial charge in [0.05, 0.1) is 12.8 Å². The first-order chi connectivity index (χ1) is 8.20. The van der Waals surface area contributed by atoms with Crippen molar-refractivity contribution in [3.05, 3.63) is 30.7 Å². The lowest BCUT2D eigenvalue weighted by Crippen LogP contribution is -2.04. The van der Waals surface area contributed by atoms with Crippen molar-refractivity contribution in [3.63, 3.8) is 0 Å². The van der Waals surface area contributed by atoms with Gasteiger partial charge in [-0.2, -0.15) is 4.98 Å². The van der Waals surface area contributed by atoms with Crippen LogP contribution < -0.4 is 10.1 Å². The molecule has 0 saturated carbocycles. The molecule has 0 bridgehead atoms. The Kier molecular flexibility index (Phi) is 3.27. The highest BCUT2D eigenvalue weighted by atomic mass is 16.5. The van der Waals surface area contributed by atoms with Gasteiger partial charge in [-0.15, -0.1) is 6.58 Å². The number of imidazole rings is 1. The van der Waals surface area contributed by atoms with E-state index in [9.17, 15) is 0 Å². The van der Waals surface area contributed by atoms with Crippen molar-refractivity contribution in [1.82, 2.24) is 14.4 Å². The van der Waals surface area contributed by atoms with Crippen molar-refractivity contribution < 1.29 is 4.74 Å². The maximum atomic E-state index is 5.64. The van der Waals surface area contributed by atoms with Crippen molar-refractivity contribution in [2.24, 2.45) is 0 Å². The number of fused-ring (bicyclic) bond motifs is 1. The molecule has 17 heavy (non-hydrogen) atoms. The molecule has 5 heteroatoms. The van der Waals surface area contributed by atoms with Crippen molar-refractivity contribution in [2.75, 3.05) is 19.0 Å². The predicted octanol–water partition coefficient (Wildman–Crippen LogP) is 2.12. The van der Waals surface area contributed by atoms with Crippen LogP contribution in [0.3, 0.4) is 0 Å². The van der Waals surface area contributed by atoms with Crippen LogP contribution >= 0.6 is 0 Å². The third-order valence-electron chi connectivity index (χ3n) is 2.37. The van der Waals surface area contributed by atoms with Crippen LogP contribution in [0, 0.1) is 0 Å². The number of ether oxygens (including phenoxy) is 1. The zero-order valence-electron chi connectivity index (χ0n) is 10.1. The molecular formula is C12H16N4O. The predicted molar refractivity (Wildman–Crippen MR) is 67.5 cm³/mol. The summed E-state index contributed by atoms with van der Waals surface area (Å²) in [6, 6.07) is 0. The summed E-state index contributed by atoms with van der Waals surface area (Å²) in [5.74, 6) is 1.30. The van der Waals surface area contributed by atoms with Gasteiger partial charge in [0, 0.05) is 25.9 Å². The molecule has 1 N–H and O–H groups in total. The number of anilines is 1. The molecule has 5 nitrogen and oxygen atoms in total. The van der Waals surface area contributed by atoms with E-state index in [2.05, 4.69) is 21.9 Å². The van der Waals surface area contributed by atoms with Crippen LogP contribution in [-0.2, 0) is 0 Å². The summed E-state index contributed by atoms with van der Waals surface area (Å²) >= 11 is 0. The van der Waals surface area contributed by atoms with E-state index in [0.29, 0.717) is 12.5 Å². The number of hydrogen-bond donors (Lipinski definition) is 1. The van der Waals surface area contributed by atoms with E-state index < -0.39 is 0 Å². The number of hydrogen-bond acceptors (Lipinski definition) is 4. The molecule has 90 valence electrons. The summed E-state index contributed by atoms with van der Waals surface area (Å²) in [6.07, 6.45) is 6.28. The second kappa shape index (κ2) is 4.86. The van der Waals surface area contributed by atoms with Gasteiger partial charge in [0.15, 0.2) is 0 Å². The van der Waals surface area contributed by atoms with Gasteiger partial charge in [-0.1, -0.05) is 5.57 Å². The zero-order chi connectivity index (χ0) is 12.3. The molecule has 0 aliphatic carbocycles. The highest BCUT2D eigenvalue weighted by Crippen LogP contribution is 2.18. The van der Waals surface area contributed by atoms with Crippen LogP contribution in [0.1, 0.15) is 13.3 Å². The first-order valence-electron chi connectivity index (χ1n) is 5.49. The smallest absolute Gasteiger partial charge is 0.260 e. The molecular weight excluding hydrogens is 216 g/mol. The Morgan fingerprint density at radius 1 is 1.59 bits per heavy atom. The number of rotatable bonds is 5. The minimum atomic E-state index is 0.545. The molecule has 2 aromatic rings. The van der Waals surface area contributed by atoms with Gasteiger partial charge >= 0.3 is 0 Å². The first kappa shape index (κ1) is 11.4. The Morgan fingerprint density at radius 2 is 2.41 bits per heavy atom. The fraction of sp³-hybridized carbons (Fsp3) is 0.333. The molecule has 0 aliphatic heterocycles. The molecule has 0 aliphatic rings. The number of nitrogens with one attached hydrogen (secondary N) is 1. The molecule has 0 amide bonds. The minimum absolute atomic E-state index is 0.545. The highest BCUT2D eigenvalue weighted by Gasteiger charge is 2.07. The molecule has 2 heterocycles. The lowest BCUT2D eigenvalue weighted by molar-refractivity contribution is 0.312. The normalized spacial score (nSPS) is 10.5. The first-order valence-corrected chi connectivity index (χ1v) is 5.49. The van der Waals surface area contributed by atoms with Gasteiger partial charge in [-0.05, 0) is 6.92 Å². The maximum Gasteiger partial charge on any atom is 0.260 e. The number of aromatic nitrogens is 3. The largest absolute Gasteiger partial charge is 0.475 e. The summed E-state index contributed by atoms with van der Waals surface area (Å²) in [5.41, 5.74) is 1.82. The third-order valence-corrected chi connectivity index (χ3v) is 2.37. The van der Waals surface area contributed by atoms with Gasteiger partial charge in [0.2, 0.25) is 5.65 Å². The molecule has 0 saturated heterocycles. The van der Waals surface area contributed by atoms with Gasteiger partial charge in [0.25, 0.3) is 5.88 Å². The molecule has 0 unspecified atom stereocenters. The fourth-order valence-electron chi connectivity index (χ4n) is 1.44. The molecule has 0 fully saturated rings. The van der Waals surface area contributed by atoms with Gasteiger partial charge in [-0.25, -0.2) is 4.98 Å². The van der Waals surface area contributed by atoms with Crippen LogP contribution in [0.15, 0.2) is 30.7 Å². The lowest BCUT2D eigenvalue weighted by Gasteiger charge is -2.08. The summed E-state index contributed by atoms with van der Waals surface area (Å²) in [7, 11) is 1.82. The zero-order valence-corrected chi connectivity index (χ0v) is 10.1. The van der Waals surface area contributed by atoms with E-state index in [1.807, 2.05) is 30.8 Å². The SMILES string of the molecule is C=C(C)CCOc1nc(NC)cn2ccnc12. The summed E-state index contributed by atoms with van der Waals surface area (Å²) in [5, 5.41) is 2.99. The summed E-state index contributed by atoms with van der Waals surface area (Å²) < 4.78 is 7.52. The maximum absolute atomic E-state index is 5.64. The molecule has 2 aromatic heterocycles. The highest BCUT2D eigenvalue weighted by molar-refractivity contribution is 5.53. The van der Waals surface area contributed by atoms with Crippen molar-refractivity contribution >= 4 is 11.5 Å². The van der Waals surface area contributed by atoms with Crippen LogP contribution in [0.5, 0.6) is 5.88 Å². The van der Waals surface area contributed by atoms with Crippen LogP contribution in [0.4, 0.5) is 5.82 Å². The molecule has 0 spiro atoms. The van der Waals surface area contributed by atoms with Gasteiger partial charge in [0.1, 0.15) is 5.82 Å². The van der Waals surface area contributed by atoms with E-state index in [0.717, 1.165) is 23.5 Å². The molecule has 2 rings (SSSR count). The van der Waals surface area contributed by atoms with Crippen LogP contribution in [0.2, 0.25) is 0 Å². The van der Waals surface area contributed by atoms with Gasteiger partial charge < -0.3 is 10.1 Å². The summed E-state index contributed by atoms with van der Waals surface area (Å²) in [4.78, 5) is 8.56. The second-order valence-electron chi connectivity index (χ2n) is 3.89. The van der Waals surface area contributed by atoms with Crippen LogP contribution in [-0.4, -0.2) is 28.0 Å². The molecule has 0 radical (unpaired) electrons. The Balaban J connectivity index is 2.24. The van der Waals surface area contributed by atoms with E-state index in [-0.39, 0.29) is 0 Å². The monoisotopic (exact) mass is 232 g/mol.